The number of hydrogen-bond donors (Lipinski definition) is 0. The molecule has 2 heterocycles. The molecular formula is C22H25N5O3. The van der Waals surface area contributed by atoms with Gasteiger partial charge in [-0.15, -0.1) is 0 Å². The van der Waals surface area contributed by atoms with Crippen molar-refractivity contribution >= 4 is 11.7 Å². The molecule has 0 spiro atoms. The van der Waals surface area contributed by atoms with Gasteiger partial charge in [0.15, 0.2) is 5.82 Å². The van der Waals surface area contributed by atoms with Crippen molar-refractivity contribution in [2.24, 2.45) is 0 Å². The normalized spacial score (nSPS) is 10.4. The summed E-state index contributed by atoms with van der Waals surface area (Å²) in [5, 5.41) is 0. The van der Waals surface area contributed by atoms with Crippen molar-refractivity contribution in [2.45, 2.75) is 6.92 Å². The number of amides is 1. The smallest absolute Gasteiger partial charge is 0.239 e. The minimum Gasteiger partial charge on any atom is -0.481 e. The quantitative estimate of drug-likeness (QED) is 0.567. The fraction of sp³-hybridized carbons (Fsp3) is 0.273. The summed E-state index contributed by atoms with van der Waals surface area (Å²) in [4.78, 5) is 27.8. The third-order valence-corrected chi connectivity index (χ3v) is 4.65. The highest BCUT2D eigenvalue weighted by Gasteiger charge is 2.09. The number of benzene rings is 1. The molecule has 1 aromatic carbocycles. The molecule has 1 amide bonds. The monoisotopic (exact) mass is 407 g/mol. The molecule has 2 aromatic heterocycles. The van der Waals surface area contributed by atoms with E-state index in [0.29, 0.717) is 36.4 Å². The second-order valence-electron chi connectivity index (χ2n) is 6.79. The average molecular weight is 407 g/mol. The van der Waals surface area contributed by atoms with Gasteiger partial charge >= 0.3 is 0 Å². The third kappa shape index (κ3) is 5.44. The Morgan fingerprint density at radius 1 is 1.00 bits per heavy atom. The molecule has 0 atom stereocenters. The zero-order chi connectivity index (χ0) is 21.5. The first-order valence-corrected chi connectivity index (χ1v) is 9.49. The van der Waals surface area contributed by atoms with Gasteiger partial charge in [-0.25, -0.2) is 4.98 Å². The van der Waals surface area contributed by atoms with Crippen LogP contribution in [-0.4, -0.2) is 60.1 Å². The second kappa shape index (κ2) is 9.69. The lowest BCUT2D eigenvalue weighted by atomic mass is 10.1. The summed E-state index contributed by atoms with van der Waals surface area (Å²) in [6.07, 6.45) is 4.95. The molecular weight excluding hydrogens is 382 g/mol. The third-order valence-electron chi connectivity index (χ3n) is 4.65. The number of ether oxygens (including phenoxy) is 2. The van der Waals surface area contributed by atoms with Crippen molar-refractivity contribution in [2.75, 3.05) is 39.2 Å². The Hall–Kier alpha value is -3.68. The molecule has 0 aliphatic carbocycles. The largest absolute Gasteiger partial charge is 0.481 e. The first kappa shape index (κ1) is 21.0. The van der Waals surface area contributed by atoms with Crippen molar-refractivity contribution in [1.29, 1.82) is 0 Å². The first-order valence-electron chi connectivity index (χ1n) is 9.49. The predicted molar refractivity (Wildman–Crippen MR) is 115 cm³/mol. The first-order chi connectivity index (χ1) is 14.5. The molecule has 0 saturated heterocycles. The van der Waals surface area contributed by atoms with E-state index >= 15 is 0 Å². The van der Waals surface area contributed by atoms with Crippen LogP contribution in [0.3, 0.4) is 0 Å². The van der Waals surface area contributed by atoms with E-state index in [4.69, 9.17) is 9.47 Å². The predicted octanol–water partition coefficient (Wildman–Crippen LogP) is 3.25. The Balaban J connectivity index is 1.66. The average Bonchev–Trinajstić information content (AvgIpc) is 2.77. The van der Waals surface area contributed by atoms with Crippen molar-refractivity contribution in [3.05, 3.63) is 55.0 Å². The van der Waals surface area contributed by atoms with Gasteiger partial charge in [0.05, 0.1) is 19.5 Å². The van der Waals surface area contributed by atoms with Gasteiger partial charge in [-0.05, 0) is 29.3 Å². The van der Waals surface area contributed by atoms with Crippen LogP contribution in [0.2, 0.25) is 0 Å². The second-order valence-corrected chi connectivity index (χ2v) is 6.79. The molecule has 8 heteroatoms. The summed E-state index contributed by atoms with van der Waals surface area (Å²) in [7, 11) is 5.27. The van der Waals surface area contributed by atoms with Gasteiger partial charge in [-0.3, -0.25) is 9.78 Å². The molecule has 3 rings (SSSR count). The minimum atomic E-state index is 0.0280. The highest BCUT2D eigenvalue weighted by molar-refractivity contribution is 5.72. The van der Waals surface area contributed by atoms with E-state index in [1.807, 2.05) is 48.3 Å². The molecule has 0 aliphatic rings. The molecule has 156 valence electrons. The number of hydrogen-bond acceptors (Lipinski definition) is 7. The fourth-order valence-electron chi connectivity index (χ4n) is 2.68. The van der Waals surface area contributed by atoms with E-state index in [-0.39, 0.29) is 5.91 Å². The molecule has 0 fully saturated rings. The summed E-state index contributed by atoms with van der Waals surface area (Å²) in [5.74, 6) is 2.33. The summed E-state index contributed by atoms with van der Waals surface area (Å²) in [5.41, 5.74) is 2.03. The van der Waals surface area contributed by atoms with E-state index in [2.05, 4.69) is 15.0 Å². The molecule has 0 aliphatic heterocycles. The zero-order valence-corrected chi connectivity index (χ0v) is 17.6. The van der Waals surface area contributed by atoms with E-state index in [1.165, 1.54) is 0 Å². The van der Waals surface area contributed by atoms with Crippen molar-refractivity contribution in [3.63, 3.8) is 0 Å². The summed E-state index contributed by atoms with van der Waals surface area (Å²) >= 11 is 0. The molecule has 0 saturated carbocycles. The van der Waals surface area contributed by atoms with Gasteiger partial charge in [-0.1, -0.05) is 12.1 Å². The number of carbonyl (C=O) groups is 1. The molecule has 0 N–H and O–H groups in total. The van der Waals surface area contributed by atoms with Gasteiger partial charge in [0.1, 0.15) is 5.75 Å². The van der Waals surface area contributed by atoms with Gasteiger partial charge in [0.25, 0.3) is 0 Å². The van der Waals surface area contributed by atoms with Gasteiger partial charge in [0, 0.05) is 46.4 Å². The highest BCUT2D eigenvalue weighted by atomic mass is 16.5. The van der Waals surface area contributed by atoms with Crippen LogP contribution >= 0.6 is 0 Å². The Kier molecular flexibility index (Phi) is 6.79. The Labute approximate surface area is 176 Å². The lowest BCUT2D eigenvalue weighted by Gasteiger charge is -2.22. The van der Waals surface area contributed by atoms with Gasteiger partial charge in [-0.2, -0.15) is 4.98 Å². The van der Waals surface area contributed by atoms with Crippen LogP contribution in [0.4, 0.5) is 5.82 Å². The maximum atomic E-state index is 11.3. The SMILES string of the molecule is COc1cc(-c2ccc(Oc3cncc(N(C)CCN(C)C(C)=O)n3)cc2)ccn1. The number of rotatable bonds is 8. The van der Waals surface area contributed by atoms with E-state index in [1.54, 1.807) is 44.6 Å². The minimum absolute atomic E-state index is 0.0280. The Morgan fingerprint density at radius 3 is 2.47 bits per heavy atom. The van der Waals surface area contributed by atoms with Crippen LogP contribution in [0.25, 0.3) is 11.1 Å². The maximum absolute atomic E-state index is 11.3. The standard InChI is InChI=1S/C22H25N5O3/c1-16(28)26(2)11-12-27(3)20-14-23-15-22(25-20)30-19-7-5-17(6-8-19)18-9-10-24-21(13-18)29-4/h5-10,13-15H,11-12H2,1-4H3. The number of pyridine rings is 1. The zero-order valence-electron chi connectivity index (χ0n) is 17.6. The van der Waals surface area contributed by atoms with Gasteiger partial charge < -0.3 is 19.3 Å². The number of methoxy groups -OCH3 is 1. The van der Waals surface area contributed by atoms with Crippen molar-refractivity contribution in [1.82, 2.24) is 19.9 Å². The van der Waals surface area contributed by atoms with Crippen LogP contribution in [0.5, 0.6) is 17.5 Å². The summed E-state index contributed by atoms with van der Waals surface area (Å²) in [6.45, 7) is 2.78. The van der Waals surface area contributed by atoms with Crippen molar-refractivity contribution < 1.29 is 14.3 Å². The molecule has 0 bridgehead atoms. The van der Waals surface area contributed by atoms with Gasteiger partial charge in [0.2, 0.25) is 17.7 Å². The number of anilines is 1. The summed E-state index contributed by atoms with van der Waals surface area (Å²) < 4.78 is 11.0. The number of aromatic nitrogens is 3. The number of carbonyl (C=O) groups excluding carboxylic acids is 1. The lowest BCUT2D eigenvalue weighted by Crippen LogP contribution is -2.33. The Morgan fingerprint density at radius 2 is 1.77 bits per heavy atom. The molecule has 0 radical (unpaired) electrons. The van der Waals surface area contributed by atoms with Crippen LogP contribution in [0, 0.1) is 0 Å². The Bertz CT molecular complexity index is 994. The maximum Gasteiger partial charge on any atom is 0.239 e. The van der Waals surface area contributed by atoms with Crippen LogP contribution in [0.15, 0.2) is 55.0 Å². The summed E-state index contributed by atoms with van der Waals surface area (Å²) in [6, 6.07) is 11.5. The molecule has 30 heavy (non-hydrogen) atoms. The highest BCUT2D eigenvalue weighted by Crippen LogP contribution is 2.26. The number of likely N-dealkylation sites (N-methyl/N-ethyl adjacent to an activating group) is 2. The molecule has 3 aromatic rings. The fourth-order valence-corrected chi connectivity index (χ4v) is 2.68. The number of nitrogens with zero attached hydrogens (tertiary/aromatic N) is 5. The topological polar surface area (TPSA) is 80.7 Å². The van der Waals surface area contributed by atoms with Crippen LogP contribution in [0.1, 0.15) is 6.92 Å². The molecule has 8 nitrogen and oxygen atoms in total. The van der Waals surface area contributed by atoms with E-state index < -0.39 is 0 Å². The van der Waals surface area contributed by atoms with Crippen LogP contribution in [-0.2, 0) is 4.79 Å². The lowest BCUT2D eigenvalue weighted by molar-refractivity contribution is -0.127. The van der Waals surface area contributed by atoms with Crippen molar-refractivity contribution in [3.8, 4) is 28.6 Å². The van der Waals surface area contributed by atoms with E-state index in [9.17, 15) is 4.79 Å². The van der Waals surface area contributed by atoms with E-state index in [0.717, 1.165) is 11.1 Å². The molecule has 0 unspecified atom stereocenters. The van der Waals surface area contributed by atoms with Crippen LogP contribution < -0.4 is 14.4 Å².